The lowest BCUT2D eigenvalue weighted by Crippen LogP contribution is -2.42. The lowest BCUT2D eigenvalue weighted by Gasteiger charge is -2.32. The number of nitrogen functional groups attached to an aromatic ring is 1. The molecule has 1 aliphatic heterocycles. The van der Waals surface area contributed by atoms with E-state index in [4.69, 9.17) is 5.73 Å². The van der Waals surface area contributed by atoms with E-state index in [0.29, 0.717) is 18.3 Å². The molecule has 0 bridgehead atoms. The maximum Gasteiger partial charge on any atom is 0.257 e. The molecule has 2 N–H and O–H groups in total. The van der Waals surface area contributed by atoms with Crippen LogP contribution in [0.3, 0.4) is 0 Å². The van der Waals surface area contributed by atoms with Crippen molar-refractivity contribution in [2.24, 2.45) is 0 Å². The summed E-state index contributed by atoms with van der Waals surface area (Å²) in [6.07, 6.45) is 0.947. The van der Waals surface area contributed by atoms with Gasteiger partial charge in [0.15, 0.2) is 5.82 Å². The smallest absolute Gasteiger partial charge is 0.257 e. The molecule has 6 heteroatoms. The maximum absolute atomic E-state index is 13.8. The SMILES string of the molecule is CCC1CN(C(=O)c2cc(F)cc(N)c2F)CCS1. The molecule has 1 fully saturated rings. The van der Waals surface area contributed by atoms with Gasteiger partial charge in [-0.1, -0.05) is 6.92 Å². The van der Waals surface area contributed by atoms with E-state index in [-0.39, 0.29) is 11.3 Å². The second-order valence-corrected chi connectivity index (χ2v) is 5.92. The fraction of sp³-hybridized carbons (Fsp3) is 0.462. The average molecular weight is 286 g/mol. The molecule has 0 radical (unpaired) electrons. The number of hydrogen-bond donors (Lipinski definition) is 1. The van der Waals surface area contributed by atoms with Crippen molar-refractivity contribution in [3.63, 3.8) is 0 Å². The fourth-order valence-corrected chi connectivity index (χ4v) is 3.27. The Labute approximate surface area is 115 Å². The molecule has 1 aromatic carbocycles. The highest BCUT2D eigenvalue weighted by Gasteiger charge is 2.26. The number of benzene rings is 1. The highest BCUT2D eigenvalue weighted by molar-refractivity contribution is 8.00. The number of anilines is 1. The van der Waals surface area contributed by atoms with Crippen molar-refractivity contribution < 1.29 is 13.6 Å². The van der Waals surface area contributed by atoms with E-state index in [1.807, 2.05) is 6.92 Å². The van der Waals surface area contributed by atoms with Crippen LogP contribution in [0.5, 0.6) is 0 Å². The molecule has 1 heterocycles. The molecule has 1 unspecified atom stereocenters. The minimum absolute atomic E-state index is 0.278. The summed E-state index contributed by atoms with van der Waals surface area (Å²) in [5.41, 5.74) is 4.74. The average Bonchev–Trinajstić information content (AvgIpc) is 2.42. The minimum atomic E-state index is -0.835. The molecular formula is C13H16F2N2OS. The van der Waals surface area contributed by atoms with Gasteiger partial charge in [-0.05, 0) is 18.6 Å². The monoisotopic (exact) mass is 286 g/mol. The standard InChI is InChI=1S/C13H16F2N2OS/c1-2-9-7-17(3-4-19-9)13(18)10-5-8(14)6-11(16)12(10)15/h5-6,9H,2-4,7,16H2,1H3. The van der Waals surface area contributed by atoms with Crippen LogP contribution in [0.4, 0.5) is 14.5 Å². The Balaban J connectivity index is 2.24. The highest BCUT2D eigenvalue weighted by atomic mass is 32.2. The van der Waals surface area contributed by atoms with E-state index in [0.717, 1.165) is 24.3 Å². The number of halogens is 2. The Hall–Kier alpha value is -1.30. The molecular weight excluding hydrogens is 270 g/mol. The van der Waals surface area contributed by atoms with Crippen LogP contribution in [-0.4, -0.2) is 34.9 Å². The zero-order valence-corrected chi connectivity index (χ0v) is 11.5. The number of amides is 1. The normalized spacial score (nSPS) is 19.5. The van der Waals surface area contributed by atoms with Crippen LogP contribution >= 0.6 is 11.8 Å². The molecule has 1 amide bonds. The second-order valence-electron chi connectivity index (χ2n) is 4.51. The lowest BCUT2D eigenvalue weighted by molar-refractivity contribution is 0.0756. The van der Waals surface area contributed by atoms with E-state index < -0.39 is 17.5 Å². The van der Waals surface area contributed by atoms with Gasteiger partial charge in [0.25, 0.3) is 5.91 Å². The molecule has 1 saturated heterocycles. The van der Waals surface area contributed by atoms with Crippen molar-refractivity contribution in [1.82, 2.24) is 4.90 Å². The Morgan fingerprint density at radius 2 is 2.26 bits per heavy atom. The Kier molecular flexibility index (Phi) is 4.29. The van der Waals surface area contributed by atoms with Crippen molar-refractivity contribution >= 4 is 23.4 Å². The number of nitrogens with zero attached hydrogens (tertiary/aromatic N) is 1. The van der Waals surface area contributed by atoms with Crippen molar-refractivity contribution in [3.05, 3.63) is 29.3 Å². The van der Waals surface area contributed by atoms with Crippen LogP contribution in [0, 0.1) is 11.6 Å². The van der Waals surface area contributed by atoms with Gasteiger partial charge in [-0.2, -0.15) is 11.8 Å². The van der Waals surface area contributed by atoms with Gasteiger partial charge >= 0.3 is 0 Å². The van der Waals surface area contributed by atoms with Crippen LogP contribution in [0.2, 0.25) is 0 Å². The van der Waals surface area contributed by atoms with Crippen molar-refractivity contribution in [3.8, 4) is 0 Å². The van der Waals surface area contributed by atoms with E-state index in [1.54, 1.807) is 16.7 Å². The third-order valence-electron chi connectivity index (χ3n) is 3.18. The molecule has 0 spiro atoms. The molecule has 1 aromatic rings. The van der Waals surface area contributed by atoms with Gasteiger partial charge in [-0.3, -0.25) is 4.79 Å². The van der Waals surface area contributed by atoms with Gasteiger partial charge in [0.1, 0.15) is 5.82 Å². The van der Waals surface area contributed by atoms with Crippen LogP contribution in [-0.2, 0) is 0 Å². The van der Waals surface area contributed by atoms with Gasteiger partial charge in [-0.25, -0.2) is 8.78 Å². The number of carbonyl (C=O) groups excluding carboxylic acids is 1. The number of rotatable bonds is 2. The summed E-state index contributed by atoms with van der Waals surface area (Å²) < 4.78 is 27.1. The topological polar surface area (TPSA) is 46.3 Å². The molecule has 2 rings (SSSR count). The number of thioether (sulfide) groups is 1. The number of nitrogens with two attached hydrogens (primary N) is 1. The number of hydrogen-bond acceptors (Lipinski definition) is 3. The summed E-state index contributed by atoms with van der Waals surface area (Å²) in [5, 5.41) is 0.353. The first-order chi connectivity index (χ1) is 9.02. The molecule has 1 atom stereocenters. The lowest BCUT2D eigenvalue weighted by atomic mass is 10.1. The summed E-state index contributed by atoms with van der Waals surface area (Å²) >= 11 is 1.80. The zero-order valence-electron chi connectivity index (χ0n) is 10.7. The minimum Gasteiger partial charge on any atom is -0.396 e. The summed E-state index contributed by atoms with van der Waals surface area (Å²) in [6.45, 7) is 3.16. The maximum atomic E-state index is 13.8. The predicted molar refractivity (Wildman–Crippen MR) is 73.2 cm³/mol. The highest BCUT2D eigenvalue weighted by Crippen LogP contribution is 2.24. The third-order valence-corrected chi connectivity index (χ3v) is 4.55. The molecule has 104 valence electrons. The number of carbonyl (C=O) groups is 1. The Morgan fingerprint density at radius 1 is 1.53 bits per heavy atom. The first-order valence-electron chi connectivity index (χ1n) is 6.18. The molecule has 3 nitrogen and oxygen atoms in total. The molecule has 0 saturated carbocycles. The van der Waals surface area contributed by atoms with E-state index >= 15 is 0 Å². The largest absolute Gasteiger partial charge is 0.396 e. The predicted octanol–water partition coefficient (Wildman–Crippen LogP) is 2.51. The summed E-state index contributed by atoms with van der Waals surface area (Å²) in [7, 11) is 0. The first-order valence-corrected chi connectivity index (χ1v) is 7.23. The Morgan fingerprint density at radius 3 is 2.95 bits per heavy atom. The van der Waals surface area contributed by atoms with E-state index in [1.165, 1.54) is 0 Å². The van der Waals surface area contributed by atoms with Gasteiger partial charge in [0, 0.05) is 24.1 Å². The van der Waals surface area contributed by atoms with Gasteiger partial charge in [0.05, 0.1) is 11.3 Å². The van der Waals surface area contributed by atoms with Gasteiger partial charge < -0.3 is 10.6 Å². The van der Waals surface area contributed by atoms with E-state index in [2.05, 4.69) is 0 Å². The Bertz CT molecular complexity index is 496. The van der Waals surface area contributed by atoms with Crippen molar-refractivity contribution in [1.29, 1.82) is 0 Å². The first kappa shape index (κ1) is 14.1. The molecule has 1 aliphatic rings. The summed E-state index contributed by atoms with van der Waals surface area (Å²) in [4.78, 5) is 13.8. The summed E-state index contributed by atoms with van der Waals surface area (Å²) in [5.74, 6) is -1.20. The van der Waals surface area contributed by atoms with Crippen LogP contribution in [0.15, 0.2) is 12.1 Å². The summed E-state index contributed by atoms with van der Waals surface area (Å²) in [6, 6.07) is 1.80. The van der Waals surface area contributed by atoms with Crippen LogP contribution < -0.4 is 5.73 Å². The van der Waals surface area contributed by atoms with Crippen molar-refractivity contribution in [2.45, 2.75) is 18.6 Å². The third kappa shape index (κ3) is 3.00. The van der Waals surface area contributed by atoms with E-state index in [9.17, 15) is 13.6 Å². The molecule has 0 aliphatic carbocycles. The fourth-order valence-electron chi connectivity index (χ4n) is 2.09. The molecule has 19 heavy (non-hydrogen) atoms. The zero-order chi connectivity index (χ0) is 14.0. The van der Waals surface area contributed by atoms with Crippen LogP contribution in [0.25, 0.3) is 0 Å². The second kappa shape index (κ2) is 5.77. The van der Waals surface area contributed by atoms with Gasteiger partial charge in [-0.15, -0.1) is 0 Å². The van der Waals surface area contributed by atoms with Gasteiger partial charge in [0.2, 0.25) is 0 Å². The van der Waals surface area contributed by atoms with Crippen molar-refractivity contribution in [2.75, 3.05) is 24.6 Å². The molecule has 0 aromatic heterocycles. The van der Waals surface area contributed by atoms with Crippen LogP contribution in [0.1, 0.15) is 23.7 Å². The quantitative estimate of drug-likeness (QED) is 0.850.